The van der Waals surface area contributed by atoms with Gasteiger partial charge in [-0.3, -0.25) is 0 Å². The number of rotatable bonds is 6. The highest BCUT2D eigenvalue weighted by molar-refractivity contribution is 8.00. The molecule has 0 radical (unpaired) electrons. The number of nitrogens with two attached hydrogens (primary N) is 1. The number of hydrogen-bond donors (Lipinski definition) is 2. The summed E-state index contributed by atoms with van der Waals surface area (Å²) in [6.07, 6.45) is 1.21. The average molecular weight is 227 g/mol. The lowest BCUT2D eigenvalue weighted by Gasteiger charge is -2.20. The SMILES string of the molecule is CC(N)(CO)CSCCS(C)(=O)=O. The molecular weight excluding hydrogens is 210 g/mol. The molecular formula is C7H17NO3S2. The minimum absolute atomic E-state index is 0.0844. The van der Waals surface area contributed by atoms with Crippen molar-refractivity contribution in [2.75, 3.05) is 30.1 Å². The van der Waals surface area contributed by atoms with Crippen molar-refractivity contribution < 1.29 is 13.5 Å². The highest BCUT2D eigenvalue weighted by Gasteiger charge is 2.16. The van der Waals surface area contributed by atoms with Crippen molar-refractivity contribution in [3.05, 3.63) is 0 Å². The first-order chi connectivity index (χ1) is 5.77. The highest BCUT2D eigenvalue weighted by atomic mass is 32.2. The second kappa shape index (κ2) is 5.19. The van der Waals surface area contributed by atoms with Crippen LogP contribution in [-0.4, -0.2) is 49.2 Å². The molecule has 0 saturated heterocycles. The predicted octanol–water partition coefficient (Wildman–Crippen LogP) is -0.526. The summed E-state index contributed by atoms with van der Waals surface area (Å²) < 4.78 is 21.5. The summed E-state index contributed by atoms with van der Waals surface area (Å²) in [5, 5.41) is 8.80. The summed E-state index contributed by atoms with van der Waals surface area (Å²) >= 11 is 1.45. The quantitative estimate of drug-likeness (QED) is 0.597. The topological polar surface area (TPSA) is 80.4 Å². The van der Waals surface area contributed by atoms with Gasteiger partial charge in [-0.1, -0.05) is 0 Å². The van der Waals surface area contributed by atoms with Crippen LogP contribution in [0.3, 0.4) is 0 Å². The third-order valence-corrected chi connectivity index (χ3v) is 3.95. The number of aliphatic hydroxyl groups is 1. The molecule has 0 aromatic heterocycles. The Morgan fingerprint density at radius 1 is 1.54 bits per heavy atom. The standard InChI is InChI=1S/C7H17NO3S2/c1-7(8,5-9)6-12-3-4-13(2,10)11/h9H,3-6,8H2,1-2H3. The maximum absolute atomic E-state index is 10.7. The Bertz CT molecular complexity index is 236. The van der Waals surface area contributed by atoms with E-state index in [9.17, 15) is 8.42 Å². The molecule has 4 nitrogen and oxygen atoms in total. The maximum Gasteiger partial charge on any atom is 0.148 e. The van der Waals surface area contributed by atoms with Gasteiger partial charge in [-0.2, -0.15) is 11.8 Å². The first kappa shape index (κ1) is 13.2. The van der Waals surface area contributed by atoms with Crippen LogP contribution in [0.2, 0.25) is 0 Å². The summed E-state index contributed by atoms with van der Waals surface area (Å²) in [6, 6.07) is 0. The number of sulfone groups is 1. The van der Waals surface area contributed by atoms with Gasteiger partial charge in [0, 0.05) is 23.3 Å². The largest absolute Gasteiger partial charge is 0.394 e. The van der Waals surface area contributed by atoms with Crippen molar-refractivity contribution in [3.63, 3.8) is 0 Å². The van der Waals surface area contributed by atoms with E-state index in [0.717, 1.165) is 0 Å². The Kier molecular flexibility index (Phi) is 5.28. The van der Waals surface area contributed by atoms with Gasteiger partial charge < -0.3 is 10.8 Å². The van der Waals surface area contributed by atoms with Crippen LogP contribution in [0.4, 0.5) is 0 Å². The zero-order valence-electron chi connectivity index (χ0n) is 7.99. The molecule has 0 aliphatic carbocycles. The lowest BCUT2D eigenvalue weighted by atomic mass is 10.1. The van der Waals surface area contributed by atoms with E-state index in [1.165, 1.54) is 18.0 Å². The van der Waals surface area contributed by atoms with Crippen LogP contribution < -0.4 is 5.73 Å². The summed E-state index contributed by atoms with van der Waals surface area (Å²) in [4.78, 5) is 0. The van der Waals surface area contributed by atoms with Crippen LogP contribution in [0.25, 0.3) is 0 Å². The first-order valence-corrected chi connectivity index (χ1v) is 7.13. The molecule has 13 heavy (non-hydrogen) atoms. The van der Waals surface area contributed by atoms with Gasteiger partial charge in [0.15, 0.2) is 0 Å². The third kappa shape index (κ3) is 8.55. The van der Waals surface area contributed by atoms with E-state index in [2.05, 4.69) is 0 Å². The Balaban J connectivity index is 3.58. The van der Waals surface area contributed by atoms with E-state index in [0.29, 0.717) is 11.5 Å². The van der Waals surface area contributed by atoms with E-state index in [1.54, 1.807) is 6.92 Å². The van der Waals surface area contributed by atoms with E-state index in [1.807, 2.05) is 0 Å². The minimum Gasteiger partial charge on any atom is -0.394 e. The number of hydrogen-bond acceptors (Lipinski definition) is 5. The Morgan fingerprint density at radius 3 is 2.46 bits per heavy atom. The Hall–Kier alpha value is 0.220. The van der Waals surface area contributed by atoms with Gasteiger partial charge in [-0.15, -0.1) is 0 Å². The van der Waals surface area contributed by atoms with Crippen molar-refractivity contribution >= 4 is 21.6 Å². The predicted molar refractivity (Wildman–Crippen MR) is 56.7 cm³/mol. The fraction of sp³-hybridized carbons (Fsp3) is 1.00. The molecule has 0 aromatic rings. The van der Waals surface area contributed by atoms with E-state index in [-0.39, 0.29) is 12.4 Å². The fourth-order valence-electron chi connectivity index (χ4n) is 0.561. The van der Waals surface area contributed by atoms with Crippen LogP contribution in [0, 0.1) is 0 Å². The molecule has 0 aliphatic rings. The Morgan fingerprint density at radius 2 is 2.08 bits per heavy atom. The molecule has 6 heteroatoms. The van der Waals surface area contributed by atoms with Crippen molar-refractivity contribution in [1.82, 2.24) is 0 Å². The summed E-state index contributed by atoms with van der Waals surface area (Å²) in [6.45, 7) is 1.65. The molecule has 0 amide bonds. The van der Waals surface area contributed by atoms with Crippen LogP contribution in [0.1, 0.15) is 6.92 Å². The average Bonchev–Trinajstić information content (AvgIpc) is 1.97. The maximum atomic E-state index is 10.7. The molecule has 1 unspecified atom stereocenters. The van der Waals surface area contributed by atoms with Crippen molar-refractivity contribution in [3.8, 4) is 0 Å². The Labute approximate surface area is 83.8 Å². The monoisotopic (exact) mass is 227 g/mol. The molecule has 0 saturated carbocycles. The van der Waals surface area contributed by atoms with Gasteiger partial charge in [0.05, 0.1) is 12.4 Å². The van der Waals surface area contributed by atoms with Gasteiger partial charge >= 0.3 is 0 Å². The van der Waals surface area contributed by atoms with Crippen LogP contribution in [0.15, 0.2) is 0 Å². The molecule has 0 rings (SSSR count). The van der Waals surface area contributed by atoms with Gasteiger partial charge in [0.2, 0.25) is 0 Å². The van der Waals surface area contributed by atoms with Crippen LogP contribution in [0.5, 0.6) is 0 Å². The third-order valence-electron chi connectivity index (χ3n) is 1.39. The molecule has 80 valence electrons. The summed E-state index contributed by atoms with van der Waals surface area (Å²) in [5.41, 5.74) is 5.04. The van der Waals surface area contributed by atoms with E-state index < -0.39 is 15.4 Å². The number of aliphatic hydroxyl groups excluding tert-OH is 1. The van der Waals surface area contributed by atoms with E-state index >= 15 is 0 Å². The van der Waals surface area contributed by atoms with E-state index in [4.69, 9.17) is 10.8 Å². The van der Waals surface area contributed by atoms with Gasteiger partial charge in [-0.25, -0.2) is 8.42 Å². The molecule has 0 fully saturated rings. The second-order valence-corrected chi connectivity index (χ2v) is 6.86. The van der Waals surface area contributed by atoms with Gasteiger partial charge in [-0.05, 0) is 6.92 Å². The highest BCUT2D eigenvalue weighted by Crippen LogP contribution is 2.10. The molecule has 0 heterocycles. The molecule has 0 aromatic carbocycles. The van der Waals surface area contributed by atoms with Gasteiger partial charge in [0.1, 0.15) is 9.84 Å². The second-order valence-electron chi connectivity index (χ2n) is 3.49. The molecule has 0 bridgehead atoms. The zero-order valence-corrected chi connectivity index (χ0v) is 9.62. The zero-order chi connectivity index (χ0) is 10.5. The molecule has 0 spiro atoms. The first-order valence-electron chi connectivity index (χ1n) is 3.92. The van der Waals surface area contributed by atoms with Crippen molar-refractivity contribution in [2.45, 2.75) is 12.5 Å². The van der Waals surface area contributed by atoms with Gasteiger partial charge in [0.25, 0.3) is 0 Å². The lowest BCUT2D eigenvalue weighted by Crippen LogP contribution is -2.42. The molecule has 3 N–H and O–H groups in total. The molecule has 1 atom stereocenters. The summed E-state index contributed by atoms with van der Waals surface area (Å²) in [5.74, 6) is 1.27. The normalized spacial score (nSPS) is 16.9. The van der Waals surface area contributed by atoms with Crippen molar-refractivity contribution in [2.24, 2.45) is 5.73 Å². The van der Waals surface area contributed by atoms with Crippen LogP contribution in [-0.2, 0) is 9.84 Å². The summed E-state index contributed by atoms with van der Waals surface area (Å²) in [7, 11) is -2.87. The fourth-order valence-corrected chi connectivity index (χ4v) is 2.95. The van der Waals surface area contributed by atoms with Crippen LogP contribution >= 0.6 is 11.8 Å². The van der Waals surface area contributed by atoms with Crippen molar-refractivity contribution in [1.29, 1.82) is 0 Å². The molecule has 0 aliphatic heterocycles. The minimum atomic E-state index is -2.87. The number of thioether (sulfide) groups is 1. The lowest BCUT2D eigenvalue weighted by molar-refractivity contribution is 0.224. The smallest absolute Gasteiger partial charge is 0.148 e.